The number of hydrogen-bond donors (Lipinski definition) is 4. The van der Waals surface area contributed by atoms with E-state index < -0.39 is 6.09 Å². The molecule has 2 bridgehead atoms. The lowest BCUT2D eigenvalue weighted by atomic mass is 9.97. The number of imidazole rings is 2. The van der Waals surface area contributed by atoms with Crippen LogP contribution in [0.3, 0.4) is 0 Å². The van der Waals surface area contributed by atoms with Crippen LogP contribution in [0.4, 0.5) is 4.79 Å². The highest BCUT2D eigenvalue weighted by Gasteiger charge is 2.49. The molecule has 0 unspecified atom stereocenters. The zero-order valence-corrected chi connectivity index (χ0v) is 31.4. The van der Waals surface area contributed by atoms with Gasteiger partial charge in [-0.1, -0.05) is 61.5 Å². The number of alkyl carbamates (subject to hydrolysis) is 1. The molecule has 282 valence electrons. The lowest BCUT2D eigenvalue weighted by molar-refractivity contribution is -0.135. The van der Waals surface area contributed by atoms with Gasteiger partial charge in [-0.15, -0.1) is 0 Å². The van der Waals surface area contributed by atoms with E-state index >= 15 is 0 Å². The summed E-state index contributed by atoms with van der Waals surface area (Å²) in [6.07, 6.45) is 5.20. The van der Waals surface area contributed by atoms with E-state index in [-0.39, 0.29) is 24.4 Å². The van der Waals surface area contributed by atoms with Gasteiger partial charge in [0.05, 0.1) is 49.2 Å². The van der Waals surface area contributed by atoms with E-state index in [2.05, 4.69) is 114 Å². The summed E-state index contributed by atoms with van der Waals surface area (Å²) in [4.78, 5) is 57.4. The van der Waals surface area contributed by atoms with Gasteiger partial charge in [0.2, 0.25) is 11.8 Å². The molecule has 0 spiro atoms. The van der Waals surface area contributed by atoms with Gasteiger partial charge >= 0.3 is 6.09 Å². The summed E-state index contributed by atoms with van der Waals surface area (Å²) in [6.45, 7) is 3.07. The lowest BCUT2D eigenvalue weighted by Gasteiger charge is -2.34. The number of H-pyrrole nitrogens is 2. The van der Waals surface area contributed by atoms with Gasteiger partial charge < -0.3 is 35.1 Å². The number of ether oxygens (including phenoxy) is 1. The van der Waals surface area contributed by atoms with Crippen LogP contribution >= 0.6 is 0 Å². The van der Waals surface area contributed by atoms with Gasteiger partial charge in [-0.2, -0.15) is 0 Å². The van der Waals surface area contributed by atoms with Crippen LogP contribution in [0.25, 0.3) is 55.3 Å². The van der Waals surface area contributed by atoms with E-state index in [1.165, 1.54) is 7.11 Å². The molecule has 3 amide bonds. The van der Waals surface area contributed by atoms with Crippen molar-refractivity contribution in [3.05, 3.63) is 96.7 Å². The molecule has 6 aromatic rings. The predicted octanol–water partition coefficient (Wildman–Crippen LogP) is 6.81. The minimum atomic E-state index is -0.639. The van der Waals surface area contributed by atoms with Gasteiger partial charge in [0.25, 0.3) is 0 Å². The second-order valence-electron chi connectivity index (χ2n) is 14.6. The average molecular weight is 739 g/mol. The van der Waals surface area contributed by atoms with Gasteiger partial charge in [-0.05, 0) is 102 Å². The molecule has 12 nitrogen and oxygen atoms in total. The molecule has 8 rings (SSSR count). The number of nitrogens with zero attached hydrogens (tertiary/aromatic N) is 4. The van der Waals surface area contributed by atoms with Gasteiger partial charge in [-0.25, -0.2) is 14.8 Å². The molecular weight excluding hydrogens is 693 g/mol. The number of methoxy groups -OCH3 is 1. The van der Waals surface area contributed by atoms with Crippen LogP contribution in [0.1, 0.15) is 50.3 Å². The van der Waals surface area contributed by atoms with Crippen molar-refractivity contribution < 1.29 is 19.1 Å². The number of likely N-dealkylation sites (tertiary alicyclic amines) is 1. The molecule has 1 aliphatic carbocycles. The third-order valence-electron chi connectivity index (χ3n) is 11.1. The number of carbonyl (C=O) groups is 3. The van der Waals surface area contributed by atoms with Crippen LogP contribution in [-0.4, -0.2) is 87.5 Å². The van der Waals surface area contributed by atoms with Gasteiger partial charge in [0.1, 0.15) is 18.2 Å². The Morgan fingerprint density at radius 1 is 0.873 bits per heavy atom. The number of carbonyl (C=O) groups excluding carboxylic acids is 3. The van der Waals surface area contributed by atoms with Crippen molar-refractivity contribution in [2.45, 2.75) is 51.2 Å². The molecule has 2 aliphatic rings. The first-order valence-electron chi connectivity index (χ1n) is 19.1. The lowest BCUT2D eigenvalue weighted by Crippen LogP contribution is -2.44. The van der Waals surface area contributed by atoms with Crippen molar-refractivity contribution in [2.24, 2.45) is 5.92 Å². The largest absolute Gasteiger partial charge is 0.453 e. The van der Waals surface area contributed by atoms with Crippen molar-refractivity contribution in [1.82, 2.24) is 40.4 Å². The van der Waals surface area contributed by atoms with Crippen LogP contribution in [0.15, 0.2) is 85.1 Å². The number of likely N-dealkylation sites (N-methyl/N-ethyl adjacent to an activating group) is 1. The normalized spacial score (nSPS) is 17.6. The monoisotopic (exact) mass is 738 g/mol. The first-order valence-corrected chi connectivity index (χ1v) is 19.1. The maximum atomic E-state index is 13.0. The van der Waals surface area contributed by atoms with E-state index in [1.54, 1.807) is 11.1 Å². The van der Waals surface area contributed by atoms with Crippen LogP contribution in [-0.2, 0) is 20.9 Å². The fraction of sp³-hybridized carbons (Fsp3) is 0.326. The molecule has 3 atom stereocenters. The Morgan fingerprint density at radius 2 is 1.56 bits per heavy atom. The fourth-order valence-corrected chi connectivity index (χ4v) is 8.40. The van der Waals surface area contributed by atoms with E-state index in [0.29, 0.717) is 37.4 Å². The smallest absolute Gasteiger partial charge is 0.407 e. The van der Waals surface area contributed by atoms with Crippen LogP contribution in [0.5, 0.6) is 0 Å². The number of amides is 3. The summed E-state index contributed by atoms with van der Waals surface area (Å²) >= 11 is 0. The maximum Gasteiger partial charge on any atom is 0.407 e. The summed E-state index contributed by atoms with van der Waals surface area (Å²) in [7, 11) is 3.09. The number of fused-ring (bicyclic) bond motifs is 4. The van der Waals surface area contributed by atoms with Crippen molar-refractivity contribution in [2.75, 3.05) is 33.8 Å². The highest BCUT2D eigenvalue weighted by molar-refractivity contribution is 5.92. The van der Waals surface area contributed by atoms with Crippen LogP contribution < -0.4 is 10.6 Å². The highest BCUT2D eigenvalue weighted by Crippen LogP contribution is 2.49. The molecule has 3 heterocycles. The van der Waals surface area contributed by atoms with Crippen LogP contribution in [0, 0.1) is 5.92 Å². The fourth-order valence-electron chi connectivity index (χ4n) is 8.40. The van der Waals surface area contributed by atoms with Gasteiger partial charge in [0, 0.05) is 12.6 Å². The Balaban J connectivity index is 0.955. The number of rotatable bonds is 12. The van der Waals surface area contributed by atoms with Crippen LogP contribution in [0.2, 0.25) is 0 Å². The molecule has 12 heteroatoms. The molecule has 0 radical (unpaired) electrons. The third kappa shape index (κ3) is 7.29. The Morgan fingerprint density at radius 3 is 2.29 bits per heavy atom. The number of benzene rings is 4. The minimum absolute atomic E-state index is 0.00929. The first kappa shape index (κ1) is 36.0. The predicted molar refractivity (Wildman–Crippen MR) is 213 cm³/mol. The average Bonchev–Trinajstić information content (AvgIpc) is 4.04. The molecule has 4 aromatic carbocycles. The van der Waals surface area contributed by atoms with Crippen molar-refractivity contribution >= 4 is 39.7 Å². The van der Waals surface area contributed by atoms with E-state index in [1.807, 2.05) is 14.0 Å². The van der Waals surface area contributed by atoms with E-state index in [9.17, 15) is 14.4 Å². The Kier molecular flexibility index (Phi) is 10.1. The Hall–Kier alpha value is -6.01. The summed E-state index contributed by atoms with van der Waals surface area (Å²) in [5.41, 5.74) is 8.24. The molecule has 1 aliphatic heterocycles. The van der Waals surface area contributed by atoms with E-state index in [4.69, 9.17) is 4.98 Å². The molecule has 2 aromatic heterocycles. The molecule has 55 heavy (non-hydrogen) atoms. The third-order valence-corrected chi connectivity index (χ3v) is 11.1. The summed E-state index contributed by atoms with van der Waals surface area (Å²) in [6, 6.07) is 28.2. The quantitative estimate of drug-likeness (QED) is 0.108. The van der Waals surface area contributed by atoms with Gasteiger partial charge in [-0.3, -0.25) is 9.59 Å². The summed E-state index contributed by atoms with van der Waals surface area (Å²) in [5, 5.41) is 7.80. The second kappa shape index (κ2) is 15.4. The van der Waals surface area contributed by atoms with Crippen molar-refractivity contribution in [3.8, 4) is 33.5 Å². The molecule has 4 N–H and O–H groups in total. The van der Waals surface area contributed by atoms with Crippen molar-refractivity contribution in [3.63, 3.8) is 0 Å². The number of hydrogen-bond acceptors (Lipinski definition) is 7. The summed E-state index contributed by atoms with van der Waals surface area (Å²) < 4.78 is 4.57. The molecule has 2 fully saturated rings. The number of piperidine rings is 1. The highest BCUT2D eigenvalue weighted by atomic mass is 16.5. The Labute approximate surface area is 319 Å². The topological polar surface area (TPSA) is 148 Å². The summed E-state index contributed by atoms with van der Waals surface area (Å²) in [5.74, 6) is 1.96. The second-order valence-corrected chi connectivity index (χ2v) is 14.6. The zero-order chi connectivity index (χ0) is 38.1. The van der Waals surface area contributed by atoms with Crippen molar-refractivity contribution in [1.29, 1.82) is 0 Å². The maximum absolute atomic E-state index is 13.0. The zero-order valence-electron chi connectivity index (χ0n) is 31.4. The Bertz CT molecular complexity index is 2370. The molecular formula is C43H46N8O4. The molecule has 1 saturated heterocycles. The molecule has 1 saturated carbocycles. The minimum Gasteiger partial charge on any atom is -0.453 e. The number of aromatic amines is 2. The van der Waals surface area contributed by atoms with E-state index in [0.717, 1.165) is 86.8 Å². The standard InChI is InChI=1S/C43H46N8O4/c1-4-17-50(39(52)24-46-43(54)55-3)25-38-45-22-37(47-38)27-7-5-26(6-8-27)28-9-10-30-19-31(12-11-29(30)18-28)32-14-16-35-36(21-32)49-42(48-35)41-33-13-15-34(20-33)51(41)40(53)23-44-2/h5-12,14,16,18-19,21-22,33-34,41,44H,4,13,15,17,20,23-25H2,1-3H3,(H,45,47)(H,46,54)(H,48,49)/t33-,34+,41-/m0/s1. The number of nitrogens with one attached hydrogen (secondary N) is 4. The SMILES string of the molecule is CCCN(Cc1ncc(-c2ccc(-c3ccc4cc(-c5ccc6nc([C@@H]7[C@H]8CC[C@H](C8)N7C(=O)CNC)[nH]c6c5)ccc4c3)cc2)[nH]1)C(=O)CNC(=O)OC. The number of aromatic nitrogens is 4. The first-order chi connectivity index (χ1) is 26.8. The van der Waals surface area contributed by atoms with Gasteiger partial charge in [0.15, 0.2) is 0 Å².